The molecule has 0 bridgehead atoms. The molecule has 0 aliphatic rings. The molecular weight excluding hydrogens is 230 g/mol. The minimum absolute atomic E-state index is 0.0821. The van der Waals surface area contributed by atoms with Crippen LogP contribution in [0.15, 0.2) is 18.2 Å². The van der Waals surface area contributed by atoms with Crippen molar-refractivity contribution < 1.29 is 9.90 Å². The topological polar surface area (TPSA) is 67.2 Å². The van der Waals surface area contributed by atoms with Gasteiger partial charge in [-0.2, -0.15) is 0 Å². The molecule has 0 spiro atoms. The number of amides is 1. The van der Waals surface area contributed by atoms with Crippen LogP contribution in [-0.2, 0) is 7.05 Å². The monoisotopic (exact) mass is 247 g/mol. The molecule has 0 aliphatic heterocycles. The first-order chi connectivity index (χ1) is 8.63. The lowest BCUT2D eigenvalue weighted by Crippen LogP contribution is -2.24. The molecule has 0 unspecified atom stereocenters. The van der Waals surface area contributed by atoms with Gasteiger partial charge in [0.15, 0.2) is 0 Å². The summed E-state index contributed by atoms with van der Waals surface area (Å²) in [4.78, 5) is 16.2. The molecule has 2 rings (SSSR count). The van der Waals surface area contributed by atoms with Gasteiger partial charge in [-0.05, 0) is 31.5 Å². The van der Waals surface area contributed by atoms with E-state index in [9.17, 15) is 4.79 Å². The van der Waals surface area contributed by atoms with Crippen molar-refractivity contribution in [3.8, 4) is 0 Å². The van der Waals surface area contributed by atoms with Gasteiger partial charge in [0.25, 0.3) is 5.91 Å². The molecule has 2 N–H and O–H groups in total. The number of rotatable bonds is 4. The van der Waals surface area contributed by atoms with E-state index in [0.29, 0.717) is 18.5 Å². The highest BCUT2D eigenvalue weighted by molar-refractivity contribution is 5.97. The predicted molar refractivity (Wildman–Crippen MR) is 69.5 cm³/mol. The van der Waals surface area contributed by atoms with Gasteiger partial charge in [-0.1, -0.05) is 0 Å². The Hall–Kier alpha value is -1.88. The molecule has 0 fully saturated rings. The zero-order valence-corrected chi connectivity index (χ0v) is 10.6. The van der Waals surface area contributed by atoms with Crippen molar-refractivity contribution in [2.24, 2.45) is 7.05 Å². The Kier molecular flexibility index (Phi) is 3.62. The highest BCUT2D eigenvalue weighted by Gasteiger charge is 2.09. The van der Waals surface area contributed by atoms with Crippen LogP contribution in [-0.4, -0.2) is 33.7 Å². The number of hydrogen-bond donors (Lipinski definition) is 2. The summed E-state index contributed by atoms with van der Waals surface area (Å²) >= 11 is 0. The number of aliphatic hydroxyl groups is 1. The van der Waals surface area contributed by atoms with E-state index in [4.69, 9.17) is 5.11 Å². The van der Waals surface area contributed by atoms with Crippen LogP contribution in [0, 0.1) is 6.92 Å². The first-order valence-corrected chi connectivity index (χ1v) is 5.95. The molecule has 5 nitrogen and oxygen atoms in total. The van der Waals surface area contributed by atoms with Crippen LogP contribution in [0.4, 0.5) is 0 Å². The number of aromatic nitrogens is 2. The minimum Gasteiger partial charge on any atom is -0.396 e. The molecule has 0 saturated carbocycles. The predicted octanol–water partition coefficient (Wildman–Crippen LogP) is 0.994. The molecule has 1 aromatic heterocycles. The molecule has 18 heavy (non-hydrogen) atoms. The van der Waals surface area contributed by atoms with Crippen molar-refractivity contribution in [3.05, 3.63) is 29.6 Å². The van der Waals surface area contributed by atoms with Gasteiger partial charge in [0, 0.05) is 25.8 Å². The second kappa shape index (κ2) is 5.18. The van der Waals surface area contributed by atoms with Crippen molar-refractivity contribution in [3.63, 3.8) is 0 Å². The van der Waals surface area contributed by atoms with Gasteiger partial charge in [-0.3, -0.25) is 4.79 Å². The largest absolute Gasteiger partial charge is 0.396 e. The van der Waals surface area contributed by atoms with Crippen molar-refractivity contribution >= 4 is 16.9 Å². The third-order valence-electron chi connectivity index (χ3n) is 2.99. The molecule has 0 radical (unpaired) electrons. The molecule has 0 aliphatic carbocycles. The van der Waals surface area contributed by atoms with Crippen molar-refractivity contribution in [2.75, 3.05) is 13.2 Å². The fraction of sp³-hybridized carbons (Fsp3) is 0.385. The van der Waals surface area contributed by atoms with E-state index in [1.54, 1.807) is 12.1 Å². The van der Waals surface area contributed by atoms with Crippen LogP contribution in [0.1, 0.15) is 22.6 Å². The summed E-state index contributed by atoms with van der Waals surface area (Å²) in [5, 5.41) is 11.4. The van der Waals surface area contributed by atoms with E-state index in [-0.39, 0.29) is 12.5 Å². The fourth-order valence-electron chi connectivity index (χ4n) is 1.84. The summed E-state index contributed by atoms with van der Waals surface area (Å²) in [5.74, 6) is 0.788. The van der Waals surface area contributed by atoms with Gasteiger partial charge in [-0.15, -0.1) is 0 Å². The number of aliphatic hydroxyl groups excluding tert-OH is 1. The Labute approximate surface area is 105 Å². The molecule has 0 atom stereocenters. The van der Waals surface area contributed by atoms with Crippen LogP contribution >= 0.6 is 0 Å². The second-order valence-electron chi connectivity index (χ2n) is 4.25. The summed E-state index contributed by atoms with van der Waals surface area (Å²) in [6.45, 7) is 2.49. The average Bonchev–Trinajstić information content (AvgIpc) is 2.65. The Morgan fingerprint density at radius 1 is 1.50 bits per heavy atom. The molecular formula is C13H17N3O2. The van der Waals surface area contributed by atoms with Gasteiger partial charge in [-0.25, -0.2) is 4.98 Å². The van der Waals surface area contributed by atoms with E-state index >= 15 is 0 Å². The fourth-order valence-corrected chi connectivity index (χ4v) is 1.84. The SMILES string of the molecule is Cc1nc2cc(C(=O)NCCCO)ccc2n1C. The lowest BCUT2D eigenvalue weighted by Gasteiger charge is -2.04. The first-order valence-electron chi connectivity index (χ1n) is 5.95. The Morgan fingerprint density at radius 2 is 2.28 bits per heavy atom. The van der Waals surface area contributed by atoms with Gasteiger partial charge < -0.3 is 15.0 Å². The summed E-state index contributed by atoms with van der Waals surface area (Å²) < 4.78 is 1.99. The molecule has 0 saturated heterocycles. The second-order valence-corrected chi connectivity index (χ2v) is 4.25. The summed E-state index contributed by atoms with van der Waals surface area (Å²) in [6, 6.07) is 5.48. The standard InChI is InChI=1S/C13H17N3O2/c1-9-15-11-8-10(4-5-12(11)16(9)2)13(18)14-6-3-7-17/h4-5,8,17H,3,6-7H2,1-2H3,(H,14,18). The molecule has 1 amide bonds. The zero-order valence-electron chi connectivity index (χ0n) is 10.6. The highest BCUT2D eigenvalue weighted by atomic mass is 16.3. The third-order valence-corrected chi connectivity index (χ3v) is 2.99. The van der Waals surface area contributed by atoms with Crippen molar-refractivity contribution in [1.29, 1.82) is 0 Å². The Bertz CT molecular complexity index is 575. The van der Waals surface area contributed by atoms with Crippen LogP contribution < -0.4 is 5.32 Å². The maximum absolute atomic E-state index is 11.8. The number of imidazole rings is 1. The van der Waals surface area contributed by atoms with Gasteiger partial charge >= 0.3 is 0 Å². The van der Waals surface area contributed by atoms with Crippen LogP contribution in [0.5, 0.6) is 0 Å². The maximum atomic E-state index is 11.8. The first kappa shape index (κ1) is 12.6. The quantitative estimate of drug-likeness (QED) is 0.792. The van der Waals surface area contributed by atoms with E-state index < -0.39 is 0 Å². The molecule has 5 heteroatoms. The molecule has 1 aromatic carbocycles. The van der Waals surface area contributed by atoms with Crippen LogP contribution in [0.2, 0.25) is 0 Å². The summed E-state index contributed by atoms with van der Waals surface area (Å²) in [7, 11) is 1.95. The average molecular weight is 247 g/mol. The summed E-state index contributed by atoms with van der Waals surface area (Å²) in [5.41, 5.74) is 2.43. The number of carbonyl (C=O) groups excluding carboxylic acids is 1. The zero-order chi connectivity index (χ0) is 13.1. The van der Waals surface area contributed by atoms with Crippen molar-refractivity contribution in [2.45, 2.75) is 13.3 Å². The molecule has 1 heterocycles. The number of carbonyl (C=O) groups is 1. The van der Waals surface area contributed by atoms with Crippen LogP contribution in [0.25, 0.3) is 11.0 Å². The molecule has 2 aromatic rings. The molecule has 96 valence electrons. The number of nitrogens with one attached hydrogen (secondary N) is 1. The lowest BCUT2D eigenvalue weighted by molar-refractivity contribution is 0.0951. The number of benzene rings is 1. The lowest BCUT2D eigenvalue weighted by atomic mass is 10.2. The number of aryl methyl sites for hydroxylation is 2. The van der Waals surface area contributed by atoms with E-state index in [0.717, 1.165) is 16.9 Å². The smallest absolute Gasteiger partial charge is 0.251 e. The third kappa shape index (κ3) is 2.36. The van der Waals surface area contributed by atoms with E-state index in [1.807, 2.05) is 24.6 Å². The van der Waals surface area contributed by atoms with E-state index in [1.165, 1.54) is 0 Å². The van der Waals surface area contributed by atoms with Gasteiger partial charge in [0.05, 0.1) is 11.0 Å². The van der Waals surface area contributed by atoms with Gasteiger partial charge in [0.2, 0.25) is 0 Å². The normalized spacial score (nSPS) is 10.8. The number of nitrogens with zero attached hydrogens (tertiary/aromatic N) is 2. The summed E-state index contributed by atoms with van der Waals surface area (Å²) in [6.07, 6.45) is 0.566. The Balaban J connectivity index is 2.22. The number of fused-ring (bicyclic) bond motifs is 1. The maximum Gasteiger partial charge on any atom is 0.251 e. The van der Waals surface area contributed by atoms with Crippen LogP contribution in [0.3, 0.4) is 0 Å². The number of hydrogen-bond acceptors (Lipinski definition) is 3. The Morgan fingerprint density at radius 3 is 3.00 bits per heavy atom. The van der Waals surface area contributed by atoms with Crippen molar-refractivity contribution in [1.82, 2.24) is 14.9 Å². The highest BCUT2D eigenvalue weighted by Crippen LogP contribution is 2.16. The van der Waals surface area contributed by atoms with Gasteiger partial charge in [0.1, 0.15) is 5.82 Å². The minimum atomic E-state index is -0.131. The van der Waals surface area contributed by atoms with E-state index in [2.05, 4.69) is 10.3 Å².